The standard InChI is InChI=1S/C26H37N3O5S/c1-7-24(26(31)27-16-19(2)3)28(17-21-13-11-20(4)12-14-21)25(30)18-29(35(6,32)33)22-9-8-10-23(15-22)34-5/h8-15,19,24H,7,16-18H2,1-6H3,(H,27,31)/t24-/m1/s1. The van der Waals surface area contributed by atoms with E-state index in [1.54, 1.807) is 24.3 Å². The summed E-state index contributed by atoms with van der Waals surface area (Å²) in [4.78, 5) is 28.2. The highest BCUT2D eigenvalue weighted by Gasteiger charge is 2.31. The summed E-state index contributed by atoms with van der Waals surface area (Å²) in [5, 5.41) is 2.91. The Balaban J connectivity index is 2.42. The number of nitrogens with one attached hydrogen (secondary N) is 1. The first kappa shape index (κ1) is 28.2. The molecule has 0 saturated heterocycles. The molecule has 2 rings (SSSR count). The van der Waals surface area contributed by atoms with E-state index < -0.39 is 28.5 Å². The van der Waals surface area contributed by atoms with E-state index in [4.69, 9.17) is 4.74 Å². The third-order valence-electron chi connectivity index (χ3n) is 5.56. The Morgan fingerprint density at radius 2 is 1.74 bits per heavy atom. The molecule has 0 aromatic heterocycles. The van der Waals surface area contributed by atoms with Gasteiger partial charge in [-0.2, -0.15) is 0 Å². The Morgan fingerprint density at radius 3 is 2.29 bits per heavy atom. The van der Waals surface area contributed by atoms with Crippen molar-refractivity contribution < 1.29 is 22.7 Å². The first-order valence-electron chi connectivity index (χ1n) is 11.7. The van der Waals surface area contributed by atoms with E-state index in [9.17, 15) is 18.0 Å². The number of aryl methyl sites for hydroxylation is 1. The van der Waals surface area contributed by atoms with Gasteiger partial charge in [0.25, 0.3) is 0 Å². The van der Waals surface area contributed by atoms with Crippen LogP contribution >= 0.6 is 0 Å². The van der Waals surface area contributed by atoms with Gasteiger partial charge in [-0.1, -0.05) is 56.7 Å². The minimum atomic E-state index is -3.79. The van der Waals surface area contributed by atoms with E-state index >= 15 is 0 Å². The van der Waals surface area contributed by atoms with Crippen molar-refractivity contribution in [3.05, 3.63) is 59.7 Å². The van der Waals surface area contributed by atoms with E-state index in [1.807, 2.05) is 52.0 Å². The van der Waals surface area contributed by atoms with E-state index in [0.717, 1.165) is 21.7 Å². The van der Waals surface area contributed by atoms with Gasteiger partial charge in [-0.3, -0.25) is 13.9 Å². The van der Waals surface area contributed by atoms with E-state index in [-0.39, 0.29) is 18.4 Å². The third kappa shape index (κ3) is 8.28. The van der Waals surface area contributed by atoms with Gasteiger partial charge >= 0.3 is 0 Å². The molecule has 0 aliphatic rings. The Bertz CT molecular complexity index is 1100. The zero-order valence-electron chi connectivity index (χ0n) is 21.4. The third-order valence-corrected chi connectivity index (χ3v) is 6.71. The van der Waals surface area contributed by atoms with Gasteiger partial charge in [0.1, 0.15) is 18.3 Å². The second kappa shape index (κ2) is 12.6. The van der Waals surface area contributed by atoms with Gasteiger partial charge in [-0.25, -0.2) is 8.42 Å². The minimum absolute atomic E-state index is 0.183. The van der Waals surface area contributed by atoms with Gasteiger partial charge in [-0.15, -0.1) is 0 Å². The predicted octanol–water partition coefficient (Wildman–Crippen LogP) is 3.35. The Labute approximate surface area is 209 Å². The fourth-order valence-corrected chi connectivity index (χ4v) is 4.45. The van der Waals surface area contributed by atoms with Crippen molar-refractivity contribution in [1.82, 2.24) is 10.2 Å². The number of benzene rings is 2. The van der Waals surface area contributed by atoms with Gasteiger partial charge < -0.3 is 15.0 Å². The van der Waals surface area contributed by atoms with Crippen LogP contribution in [0.2, 0.25) is 0 Å². The molecule has 0 unspecified atom stereocenters. The van der Waals surface area contributed by atoms with Crippen molar-refractivity contribution in [2.24, 2.45) is 5.92 Å². The molecule has 0 spiro atoms. The van der Waals surface area contributed by atoms with E-state index in [2.05, 4.69) is 5.32 Å². The van der Waals surface area contributed by atoms with E-state index in [1.165, 1.54) is 12.0 Å². The van der Waals surface area contributed by atoms with Crippen molar-refractivity contribution in [3.8, 4) is 5.75 Å². The summed E-state index contributed by atoms with van der Waals surface area (Å²) in [5.74, 6) is 0.00501. The van der Waals surface area contributed by atoms with Crippen molar-refractivity contribution in [3.63, 3.8) is 0 Å². The van der Waals surface area contributed by atoms with Crippen LogP contribution in [0, 0.1) is 12.8 Å². The average molecular weight is 504 g/mol. The first-order chi connectivity index (χ1) is 16.5. The van der Waals surface area contributed by atoms with Crippen LogP contribution in [0.1, 0.15) is 38.3 Å². The molecule has 0 aliphatic heterocycles. The van der Waals surface area contributed by atoms with Gasteiger partial charge in [0, 0.05) is 19.2 Å². The molecule has 0 heterocycles. The predicted molar refractivity (Wildman–Crippen MR) is 139 cm³/mol. The van der Waals surface area contributed by atoms with Crippen molar-refractivity contribution >= 4 is 27.5 Å². The van der Waals surface area contributed by atoms with Crippen LogP contribution in [0.3, 0.4) is 0 Å². The van der Waals surface area contributed by atoms with Crippen LogP contribution in [0.4, 0.5) is 5.69 Å². The molecule has 0 saturated carbocycles. The van der Waals surface area contributed by atoms with Gasteiger partial charge in [0.05, 0.1) is 19.1 Å². The number of anilines is 1. The quantitative estimate of drug-likeness (QED) is 0.479. The Hall–Kier alpha value is -3.07. The van der Waals surface area contributed by atoms with Crippen LogP contribution in [-0.4, -0.2) is 57.6 Å². The highest BCUT2D eigenvalue weighted by molar-refractivity contribution is 7.92. The fourth-order valence-electron chi connectivity index (χ4n) is 3.61. The molecular weight excluding hydrogens is 466 g/mol. The smallest absolute Gasteiger partial charge is 0.244 e. The van der Waals surface area contributed by atoms with E-state index in [0.29, 0.717) is 24.4 Å². The second-order valence-electron chi connectivity index (χ2n) is 9.04. The molecule has 0 bridgehead atoms. The second-order valence-corrected chi connectivity index (χ2v) is 10.9. The zero-order valence-corrected chi connectivity index (χ0v) is 22.3. The molecule has 0 aliphatic carbocycles. The topological polar surface area (TPSA) is 96.0 Å². The highest BCUT2D eigenvalue weighted by Crippen LogP contribution is 2.24. The maximum absolute atomic E-state index is 13.7. The number of sulfonamides is 1. The lowest BCUT2D eigenvalue weighted by atomic mass is 10.1. The average Bonchev–Trinajstić information content (AvgIpc) is 2.81. The molecule has 1 N–H and O–H groups in total. The molecule has 2 aromatic rings. The summed E-state index contributed by atoms with van der Waals surface area (Å²) in [6.45, 7) is 8.03. The van der Waals surface area contributed by atoms with Crippen LogP contribution in [-0.2, 0) is 26.2 Å². The molecule has 1 atom stereocenters. The summed E-state index contributed by atoms with van der Waals surface area (Å²) < 4.78 is 31.6. The lowest BCUT2D eigenvalue weighted by Gasteiger charge is -2.33. The Kier molecular flexibility index (Phi) is 10.1. The summed E-state index contributed by atoms with van der Waals surface area (Å²) in [5.41, 5.74) is 2.24. The van der Waals surface area contributed by atoms with Gasteiger partial charge in [0.15, 0.2) is 0 Å². The number of rotatable bonds is 12. The highest BCUT2D eigenvalue weighted by atomic mass is 32.2. The number of hydrogen-bond donors (Lipinski definition) is 1. The molecule has 9 heteroatoms. The number of carbonyl (C=O) groups is 2. The van der Waals surface area contributed by atoms with Crippen LogP contribution in [0.5, 0.6) is 5.75 Å². The zero-order chi connectivity index (χ0) is 26.2. The molecule has 192 valence electrons. The number of amides is 2. The van der Waals surface area contributed by atoms with Crippen LogP contribution < -0.4 is 14.4 Å². The summed E-state index contributed by atoms with van der Waals surface area (Å²) in [7, 11) is -2.31. The maximum atomic E-state index is 13.7. The summed E-state index contributed by atoms with van der Waals surface area (Å²) >= 11 is 0. The normalized spacial score (nSPS) is 12.2. The number of nitrogens with zero attached hydrogens (tertiary/aromatic N) is 2. The summed E-state index contributed by atoms with van der Waals surface area (Å²) in [6.07, 6.45) is 1.44. The van der Waals surface area contributed by atoms with Gasteiger partial charge in [0.2, 0.25) is 21.8 Å². The summed E-state index contributed by atoms with van der Waals surface area (Å²) in [6, 6.07) is 13.5. The molecule has 8 nitrogen and oxygen atoms in total. The fraction of sp³-hybridized carbons (Fsp3) is 0.462. The first-order valence-corrected chi connectivity index (χ1v) is 13.6. The van der Waals surface area contributed by atoms with Crippen molar-refractivity contribution in [2.75, 3.05) is 30.8 Å². The number of carbonyl (C=O) groups excluding carboxylic acids is 2. The monoisotopic (exact) mass is 503 g/mol. The molecule has 2 amide bonds. The molecule has 0 radical (unpaired) electrons. The largest absolute Gasteiger partial charge is 0.497 e. The van der Waals surface area contributed by atoms with Crippen LogP contribution in [0.15, 0.2) is 48.5 Å². The van der Waals surface area contributed by atoms with Crippen LogP contribution in [0.25, 0.3) is 0 Å². The SMILES string of the molecule is CC[C@H](C(=O)NCC(C)C)N(Cc1ccc(C)cc1)C(=O)CN(c1cccc(OC)c1)S(C)(=O)=O. The lowest BCUT2D eigenvalue weighted by Crippen LogP contribution is -2.52. The van der Waals surface area contributed by atoms with Gasteiger partial charge in [-0.05, 0) is 37.0 Å². The molecule has 0 fully saturated rings. The van der Waals surface area contributed by atoms with Crippen molar-refractivity contribution in [2.45, 2.75) is 46.7 Å². The molecular formula is C26H37N3O5S. The number of methoxy groups -OCH3 is 1. The number of hydrogen-bond acceptors (Lipinski definition) is 5. The maximum Gasteiger partial charge on any atom is 0.244 e. The number of ether oxygens (including phenoxy) is 1. The Morgan fingerprint density at radius 1 is 1.09 bits per heavy atom. The van der Waals surface area contributed by atoms with Crippen molar-refractivity contribution in [1.29, 1.82) is 0 Å². The lowest BCUT2D eigenvalue weighted by molar-refractivity contribution is -0.140. The molecule has 2 aromatic carbocycles. The minimum Gasteiger partial charge on any atom is -0.497 e. The molecule has 35 heavy (non-hydrogen) atoms.